The number of likely N-dealkylation sites (tertiary alicyclic amines) is 1. The molecule has 1 aliphatic rings. The number of aryl methyl sites for hydroxylation is 1. The van der Waals surface area contributed by atoms with Crippen LogP contribution in [0.1, 0.15) is 47.2 Å². The highest BCUT2D eigenvalue weighted by atomic mass is 35.5. The van der Waals surface area contributed by atoms with E-state index < -0.39 is 0 Å². The van der Waals surface area contributed by atoms with Crippen LogP contribution in [-0.2, 0) is 13.0 Å². The number of rotatable bonds is 7. The highest BCUT2D eigenvalue weighted by molar-refractivity contribution is 5.94. The van der Waals surface area contributed by atoms with Crippen molar-refractivity contribution in [2.75, 3.05) is 20.8 Å². The van der Waals surface area contributed by atoms with E-state index in [2.05, 4.69) is 11.0 Å². The first-order chi connectivity index (χ1) is 13.7. The topological polar surface area (TPSA) is 64.8 Å². The molecule has 2 N–H and O–H groups in total. The Balaban J connectivity index is 0.00000300. The average molecular weight is 419 g/mol. The second-order valence-electron chi connectivity index (χ2n) is 7.28. The molecular formula is C23H31ClN2O3. The molecular weight excluding hydrogens is 388 g/mol. The van der Waals surface area contributed by atoms with Crippen molar-refractivity contribution < 1.29 is 14.3 Å². The molecule has 6 heteroatoms. The maximum atomic E-state index is 13.1. The summed E-state index contributed by atoms with van der Waals surface area (Å²) in [4.78, 5) is 15.1. The fraction of sp³-hybridized carbons (Fsp3) is 0.435. The molecule has 1 atom stereocenters. The van der Waals surface area contributed by atoms with Gasteiger partial charge in [-0.25, -0.2) is 0 Å². The molecule has 158 valence electrons. The summed E-state index contributed by atoms with van der Waals surface area (Å²) in [5, 5.41) is 0. The molecule has 0 radical (unpaired) electrons. The van der Waals surface area contributed by atoms with Crippen LogP contribution in [0.4, 0.5) is 0 Å². The number of halogens is 1. The molecule has 1 aliphatic heterocycles. The Kier molecular flexibility index (Phi) is 8.80. The smallest absolute Gasteiger partial charge is 0.254 e. The highest BCUT2D eigenvalue weighted by Crippen LogP contribution is 2.29. The normalized spacial score (nSPS) is 16.1. The van der Waals surface area contributed by atoms with Crippen LogP contribution in [0.25, 0.3) is 0 Å². The van der Waals surface area contributed by atoms with Crippen molar-refractivity contribution in [3.8, 4) is 11.5 Å². The van der Waals surface area contributed by atoms with Crippen LogP contribution in [0.5, 0.6) is 11.5 Å². The Bertz CT molecular complexity index is 795. The number of nitrogens with zero attached hydrogens (tertiary/aromatic N) is 1. The Morgan fingerprint density at radius 2 is 1.72 bits per heavy atom. The van der Waals surface area contributed by atoms with Crippen LogP contribution in [0.2, 0.25) is 0 Å². The van der Waals surface area contributed by atoms with Gasteiger partial charge in [0.1, 0.15) is 0 Å². The van der Waals surface area contributed by atoms with Gasteiger partial charge in [-0.1, -0.05) is 18.2 Å². The molecule has 0 spiro atoms. The van der Waals surface area contributed by atoms with Gasteiger partial charge in [0.2, 0.25) is 0 Å². The van der Waals surface area contributed by atoms with E-state index in [1.807, 2.05) is 36.4 Å². The second kappa shape index (κ2) is 11.1. The van der Waals surface area contributed by atoms with E-state index in [-0.39, 0.29) is 24.4 Å². The van der Waals surface area contributed by atoms with Crippen LogP contribution in [0, 0.1) is 0 Å². The number of piperidine rings is 1. The van der Waals surface area contributed by atoms with Crippen molar-refractivity contribution in [3.05, 3.63) is 59.2 Å². The largest absolute Gasteiger partial charge is 0.493 e. The van der Waals surface area contributed by atoms with Crippen LogP contribution in [0.3, 0.4) is 0 Å². The third kappa shape index (κ3) is 5.64. The molecule has 1 heterocycles. The lowest BCUT2D eigenvalue weighted by atomic mass is 9.94. The molecule has 2 aromatic carbocycles. The fourth-order valence-electron chi connectivity index (χ4n) is 3.89. The number of ether oxygens (including phenoxy) is 2. The monoisotopic (exact) mass is 418 g/mol. The van der Waals surface area contributed by atoms with Gasteiger partial charge in [-0.3, -0.25) is 4.79 Å². The Morgan fingerprint density at radius 1 is 1.03 bits per heavy atom. The van der Waals surface area contributed by atoms with Crippen molar-refractivity contribution in [3.63, 3.8) is 0 Å². The van der Waals surface area contributed by atoms with E-state index in [4.69, 9.17) is 15.2 Å². The van der Waals surface area contributed by atoms with Crippen molar-refractivity contribution in [2.45, 2.75) is 44.7 Å². The lowest BCUT2D eigenvalue weighted by Crippen LogP contribution is -2.44. The van der Waals surface area contributed by atoms with Crippen molar-refractivity contribution in [1.82, 2.24) is 4.90 Å². The quantitative estimate of drug-likeness (QED) is 0.731. The van der Waals surface area contributed by atoms with Gasteiger partial charge < -0.3 is 20.1 Å². The van der Waals surface area contributed by atoms with Gasteiger partial charge in [0, 0.05) is 24.7 Å². The third-order valence-corrected chi connectivity index (χ3v) is 5.54. The Morgan fingerprint density at radius 3 is 2.38 bits per heavy atom. The van der Waals surface area contributed by atoms with Gasteiger partial charge in [-0.2, -0.15) is 0 Å². The molecule has 0 aromatic heterocycles. The zero-order valence-electron chi connectivity index (χ0n) is 17.2. The maximum Gasteiger partial charge on any atom is 0.254 e. The van der Waals surface area contributed by atoms with Gasteiger partial charge in [-0.15, -0.1) is 12.4 Å². The Labute approximate surface area is 179 Å². The molecule has 1 fully saturated rings. The van der Waals surface area contributed by atoms with Crippen molar-refractivity contribution >= 4 is 18.3 Å². The lowest BCUT2D eigenvalue weighted by Gasteiger charge is -2.36. The first kappa shape index (κ1) is 23.0. The van der Waals surface area contributed by atoms with Crippen LogP contribution < -0.4 is 15.2 Å². The molecule has 0 aliphatic carbocycles. The number of amides is 1. The molecule has 1 saturated heterocycles. The number of benzene rings is 2. The zero-order chi connectivity index (χ0) is 19.9. The van der Waals surface area contributed by atoms with Gasteiger partial charge in [0.05, 0.1) is 14.2 Å². The van der Waals surface area contributed by atoms with Crippen LogP contribution >= 0.6 is 12.4 Å². The molecule has 1 unspecified atom stereocenters. The zero-order valence-corrected chi connectivity index (χ0v) is 18.0. The molecule has 3 rings (SSSR count). The summed E-state index contributed by atoms with van der Waals surface area (Å²) in [5.41, 5.74) is 8.65. The number of carbonyl (C=O) groups is 1. The average Bonchev–Trinajstić information content (AvgIpc) is 2.77. The second-order valence-corrected chi connectivity index (χ2v) is 7.28. The van der Waals surface area contributed by atoms with Gasteiger partial charge in [0.15, 0.2) is 11.5 Å². The molecule has 29 heavy (non-hydrogen) atoms. The predicted octanol–water partition coefficient (Wildman–Crippen LogP) is 4.21. The lowest BCUT2D eigenvalue weighted by molar-refractivity contribution is 0.0602. The molecule has 0 saturated carbocycles. The molecule has 2 aromatic rings. The van der Waals surface area contributed by atoms with Gasteiger partial charge in [-0.05, 0) is 67.5 Å². The minimum Gasteiger partial charge on any atom is -0.493 e. The number of hydrogen-bond donors (Lipinski definition) is 1. The number of nitrogens with two attached hydrogens (primary N) is 1. The first-order valence-corrected chi connectivity index (χ1v) is 9.97. The number of hydrogen-bond acceptors (Lipinski definition) is 4. The molecule has 5 nitrogen and oxygen atoms in total. The Hall–Kier alpha value is -2.24. The molecule has 0 bridgehead atoms. The summed E-state index contributed by atoms with van der Waals surface area (Å²) in [5.74, 6) is 1.61. The summed E-state index contributed by atoms with van der Waals surface area (Å²) in [6.07, 6.45) is 5.15. The minimum atomic E-state index is 0. The summed E-state index contributed by atoms with van der Waals surface area (Å²) < 4.78 is 10.7. The van der Waals surface area contributed by atoms with Crippen LogP contribution in [0.15, 0.2) is 42.5 Å². The van der Waals surface area contributed by atoms with E-state index in [1.54, 1.807) is 14.2 Å². The third-order valence-electron chi connectivity index (χ3n) is 5.54. The number of methoxy groups -OCH3 is 2. The van der Waals surface area contributed by atoms with E-state index >= 15 is 0 Å². The summed E-state index contributed by atoms with van der Waals surface area (Å²) in [6, 6.07) is 14.0. The first-order valence-electron chi connectivity index (χ1n) is 9.97. The van der Waals surface area contributed by atoms with E-state index in [1.165, 1.54) is 12.0 Å². The van der Waals surface area contributed by atoms with Crippen molar-refractivity contribution in [1.29, 1.82) is 0 Å². The fourth-order valence-corrected chi connectivity index (χ4v) is 3.89. The van der Waals surface area contributed by atoms with E-state index in [0.717, 1.165) is 54.9 Å². The van der Waals surface area contributed by atoms with Gasteiger partial charge in [0.25, 0.3) is 5.91 Å². The van der Waals surface area contributed by atoms with Crippen molar-refractivity contribution in [2.24, 2.45) is 5.73 Å². The summed E-state index contributed by atoms with van der Waals surface area (Å²) in [7, 11) is 3.29. The SMILES string of the molecule is COc1ccc(CCC2CCCCN2C(=O)c2ccc(CN)cc2)cc1OC.Cl. The summed E-state index contributed by atoms with van der Waals surface area (Å²) in [6.45, 7) is 1.32. The highest BCUT2D eigenvalue weighted by Gasteiger charge is 2.27. The van der Waals surface area contributed by atoms with E-state index in [0.29, 0.717) is 6.54 Å². The maximum absolute atomic E-state index is 13.1. The molecule has 1 amide bonds. The number of carbonyl (C=O) groups excluding carboxylic acids is 1. The summed E-state index contributed by atoms with van der Waals surface area (Å²) >= 11 is 0. The predicted molar refractivity (Wildman–Crippen MR) is 118 cm³/mol. The van der Waals surface area contributed by atoms with E-state index in [9.17, 15) is 4.79 Å². The minimum absolute atomic E-state index is 0. The van der Waals surface area contributed by atoms with Crippen LogP contribution in [-0.4, -0.2) is 37.6 Å². The van der Waals surface area contributed by atoms with Gasteiger partial charge >= 0.3 is 0 Å². The standard InChI is InChI=1S/C23H30N2O3.ClH/c1-27-21-13-9-17(15-22(21)28-2)8-12-20-5-3-4-14-25(20)23(26)19-10-6-18(16-24)7-11-19;/h6-7,9-11,13,15,20H,3-5,8,12,14,16,24H2,1-2H3;1H.